The molecule has 4 aromatic rings. The minimum atomic E-state index is -2.01. The maximum absolute atomic E-state index is 13.1. The molecule has 0 bridgehead atoms. The molecule has 15 heteroatoms. The Morgan fingerprint density at radius 1 is 0.674 bits per heavy atom. The van der Waals surface area contributed by atoms with Crippen LogP contribution in [0.15, 0.2) is 91.0 Å². The lowest BCUT2D eigenvalue weighted by Gasteiger charge is -2.16. The first-order chi connectivity index (χ1) is 21.9. The van der Waals surface area contributed by atoms with Crippen molar-refractivity contribution in [3.63, 3.8) is 0 Å². The summed E-state index contributed by atoms with van der Waals surface area (Å²) in [6.45, 7) is 0. The van der Waals surface area contributed by atoms with Crippen molar-refractivity contribution in [3.8, 4) is 17.2 Å². The van der Waals surface area contributed by atoms with Gasteiger partial charge in [-0.05, 0) is 58.5 Å². The summed E-state index contributed by atoms with van der Waals surface area (Å²) in [6, 6.07) is 19.3. The summed E-state index contributed by atoms with van der Waals surface area (Å²) in [5.74, 6) is -4.75. The zero-order chi connectivity index (χ0) is 33.4. The molecular formula is C31H27B2NO12. The number of amides is 1. The number of esters is 2. The van der Waals surface area contributed by atoms with Crippen molar-refractivity contribution in [2.45, 2.75) is 18.9 Å². The van der Waals surface area contributed by atoms with Crippen molar-refractivity contribution in [1.82, 2.24) is 5.32 Å². The fourth-order valence-electron chi connectivity index (χ4n) is 4.45. The average molecular weight is 627 g/mol. The Morgan fingerprint density at radius 2 is 1.17 bits per heavy atom. The van der Waals surface area contributed by atoms with E-state index in [0.717, 1.165) is 0 Å². The van der Waals surface area contributed by atoms with Gasteiger partial charge in [-0.2, -0.15) is 0 Å². The molecule has 0 spiro atoms. The third-order valence-electron chi connectivity index (χ3n) is 6.71. The van der Waals surface area contributed by atoms with E-state index in [9.17, 15) is 49.5 Å². The first kappa shape index (κ1) is 33.4. The number of aliphatic carboxylic acids is 1. The monoisotopic (exact) mass is 627 g/mol. The molecule has 234 valence electrons. The van der Waals surface area contributed by atoms with Gasteiger partial charge < -0.3 is 45.1 Å². The number of benzene rings is 4. The summed E-state index contributed by atoms with van der Waals surface area (Å²) in [6.07, 6.45) is -0.456. The van der Waals surface area contributed by atoms with Crippen LogP contribution in [0.25, 0.3) is 0 Å². The zero-order valence-corrected chi connectivity index (χ0v) is 23.9. The Bertz CT molecular complexity index is 1740. The van der Waals surface area contributed by atoms with Gasteiger partial charge in [-0.15, -0.1) is 0 Å². The highest BCUT2D eigenvalue weighted by Crippen LogP contribution is 2.30. The van der Waals surface area contributed by atoms with E-state index in [1.165, 1.54) is 91.0 Å². The van der Waals surface area contributed by atoms with Gasteiger partial charge in [0.25, 0.3) is 0 Å². The Morgan fingerprint density at radius 3 is 1.70 bits per heavy atom. The second kappa shape index (κ2) is 15.0. The maximum atomic E-state index is 13.1. The SMILES string of the molecule is O=C(Cc1ccc(OC(=O)c2ccccc2B(O)O)c(OC(=O)c2ccccc2B(O)O)c1)N[C@@H](Cc1ccc(O)cc1)C(=O)O. The average Bonchev–Trinajstić information content (AvgIpc) is 3.02. The number of aromatic hydroxyl groups is 1. The van der Waals surface area contributed by atoms with Gasteiger partial charge in [0.2, 0.25) is 5.91 Å². The second-order valence-corrected chi connectivity index (χ2v) is 9.99. The minimum absolute atomic E-state index is 0.00323. The fourth-order valence-corrected chi connectivity index (χ4v) is 4.45. The molecule has 0 heterocycles. The number of rotatable bonds is 12. The van der Waals surface area contributed by atoms with Gasteiger partial charge in [0.15, 0.2) is 11.5 Å². The maximum Gasteiger partial charge on any atom is 0.489 e. The Kier molecular flexibility index (Phi) is 10.9. The van der Waals surface area contributed by atoms with Crippen LogP contribution in [0.3, 0.4) is 0 Å². The summed E-state index contributed by atoms with van der Waals surface area (Å²) in [5.41, 5.74) is 0.0433. The molecule has 0 saturated heterocycles. The quantitative estimate of drug-likeness (QED) is 0.0603. The van der Waals surface area contributed by atoms with Crippen LogP contribution >= 0.6 is 0 Å². The molecule has 7 N–H and O–H groups in total. The molecule has 0 saturated carbocycles. The summed E-state index contributed by atoms with van der Waals surface area (Å²) in [7, 11) is -4.01. The van der Waals surface area contributed by atoms with Crippen LogP contribution in [0.1, 0.15) is 31.8 Å². The standard InChI is InChI=1S/C31H27B2NO12/c35-20-12-9-18(10-13-20)15-25(29(37)38)34-28(36)17-19-11-14-26(45-30(39)21-5-1-3-7-23(21)32(41)42)27(16-19)46-31(40)22-6-2-4-8-24(22)33(43)44/h1-14,16,25,35,41-44H,15,17H2,(H,34,36)(H,37,38)/t25-/m0/s1. The van der Waals surface area contributed by atoms with Crippen molar-refractivity contribution in [1.29, 1.82) is 0 Å². The summed E-state index contributed by atoms with van der Waals surface area (Å²) in [5, 5.41) is 60.2. The van der Waals surface area contributed by atoms with E-state index in [4.69, 9.17) is 9.47 Å². The molecule has 1 atom stereocenters. The molecule has 0 aliphatic rings. The van der Waals surface area contributed by atoms with E-state index in [-0.39, 0.29) is 57.7 Å². The van der Waals surface area contributed by atoms with Gasteiger partial charge in [0.05, 0.1) is 17.5 Å². The Balaban J connectivity index is 1.61. The largest absolute Gasteiger partial charge is 0.508 e. The zero-order valence-electron chi connectivity index (χ0n) is 23.9. The molecule has 1 amide bonds. The smallest absolute Gasteiger partial charge is 0.489 e. The van der Waals surface area contributed by atoms with E-state index in [0.29, 0.717) is 5.56 Å². The van der Waals surface area contributed by atoms with Gasteiger partial charge in [0.1, 0.15) is 11.8 Å². The molecule has 46 heavy (non-hydrogen) atoms. The number of hydrogen-bond donors (Lipinski definition) is 7. The van der Waals surface area contributed by atoms with Crippen LogP contribution < -0.4 is 25.7 Å². The molecule has 0 fully saturated rings. The van der Waals surface area contributed by atoms with Crippen LogP contribution in [-0.4, -0.2) is 74.4 Å². The van der Waals surface area contributed by atoms with Crippen LogP contribution in [0.5, 0.6) is 17.2 Å². The van der Waals surface area contributed by atoms with Crippen molar-refractivity contribution >= 4 is 49.0 Å². The predicted molar refractivity (Wildman–Crippen MR) is 164 cm³/mol. The summed E-state index contributed by atoms with van der Waals surface area (Å²) < 4.78 is 10.9. The molecule has 0 radical (unpaired) electrons. The van der Waals surface area contributed by atoms with Gasteiger partial charge in [-0.3, -0.25) is 4.79 Å². The Hall–Kier alpha value is -5.47. The number of carbonyl (C=O) groups excluding carboxylic acids is 3. The lowest BCUT2D eigenvalue weighted by Crippen LogP contribution is -2.43. The van der Waals surface area contributed by atoms with Crippen molar-refractivity contribution in [3.05, 3.63) is 113 Å². The van der Waals surface area contributed by atoms with Crippen molar-refractivity contribution < 1.29 is 59.0 Å². The number of nitrogens with one attached hydrogen (secondary N) is 1. The van der Waals surface area contributed by atoms with Gasteiger partial charge in [0, 0.05) is 6.42 Å². The van der Waals surface area contributed by atoms with Crippen LogP contribution in [-0.2, 0) is 22.4 Å². The molecule has 0 aliphatic carbocycles. The number of carboxylic acids is 1. The van der Waals surface area contributed by atoms with Crippen molar-refractivity contribution in [2.75, 3.05) is 0 Å². The molecule has 0 unspecified atom stereocenters. The first-order valence-corrected chi connectivity index (χ1v) is 13.7. The topological polar surface area (TPSA) is 220 Å². The van der Waals surface area contributed by atoms with E-state index in [1.54, 1.807) is 0 Å². The lowest BCUT2D eigenvalue weighted by molar-refractivity contribution is -0.141. The Labute approximate surface area is 262 Å². The lowest BCUT2D eigenvalue weighted by atomic mass is 9.77. The third-order valence-corrected chi connectivity index (χ3v) is 6.71. The highest BCUT2D eigenvalue weighted by molar-refractivity contribution is 6.60. The molecule has 13 nitrogen and oxygen atoms in total. The predicted octanol–water partition coefficient (Wildman–Crippen LogP) is -0.455. The molecule has 0 aromatic heterocycles. The van der Waals surface area contributed by atoms with Crippen LogP contribution in [0.4, 0.5) is 0 Å². The normalized spacial score (nSPS) is 11.2. The highest BCUT2D eigenvalue weighted by Gasteiger charge is 2.26. The van der Waals surface area contributed by atoms with E-state index >= 15 is 0 Å². The number of hydrogen-bond acceptors (Lipinski definition) is 11. The fraction of sp³-hybridized carbons (Fsp3) is 0.0968. The van der Waals surface area contributed by atoms with Crippen LogP contribution in [0.2, 0.25) is 0 Å². The number of phenolic OH excluding ortho intramolecular Hbond substituents is 1. The number of phenols is 1. The van der Waals surface area contributed by atoms with E-state index in [2.05, 4.69) is 5.32 Å². The summed E-state index contributed by atoms with van der Waals surface area (Å²) >= 11 is 0. The minimum Gasteiger partial charge on any atom is -0.508 e. The molecule has 4 rings (SSSR count). The van der Waals surface area contributed by atoms with Gasteiger partial charge in [-0.1, -0.05) is 54.6 Å². The van der Waals surface area contributed by atoms with Gasteiger partial charge in [-0.25, -0.2) is 14.4 Å². The third kappa shape index (κ3) is 8.58. The highest BCUT2D eigenvalue weighted by atomic mass is 16.6. The van der Waals surface area contributed by atoms with Crippen molar-refractivity contribution in [2.24, 2.45) is 0 Å². The summed E-state index contributed by atoms with van der Waals surface area (Å²) in [4.78, 5) is 50.9. The first-order valence-electron chi connectivity index (χ1n) is 13.7. The number of carboxylic acid groups (broad SMARTS) is 1. The van der Waals surface area contributed by atoms with E-state index in [1.807, 2.05) is 0 Å². The van der Waals surface area contributed by atoms with Crippen LogP contribution in [0, 0.1) is 0 Å². The second-order valence-electron chi connectivity index (χ2n) is 9.99. The van der Waals surface area contributed by atoms with Gasteiger partial charge >= 0.3 is 32.1 Å². The number of ether oxygens (including phenoxy) is 2. The number of carbonyl (C=O) groups is 4. The molecular weight excluding hydrogens is 600 g/mol. The molecule has 4 aromatic carbocycles. The van der Waals surface area contributed by atoms with E-state index < -0.39 is 44.1 Å². The molecule has 0 aliphatic heterocycles.